The fourth-order valence-electron chi connectivity index (χ4n) is 2.15. The van der Waals surface area contributed by atoms with Gasteiger partial charge in [0, 0.05) is 5.56 Å². The van der Waals surface area contributed by atoms with Gasteiger partial charge in [-0.1, -0.05) is 51.1 Å². The van der Waals surface area contributed by atoms with Gasteiger partial charge in [0.1, 0.15) is 0 Å². The van der Waals surface area contributed by atoms with Crippen LogP contribution in [0.15, 0.2) is 30.3 Å². The molecule has 0 atom stereocenters. The molecule has 0 amide bonds. The summed E-state index contributed by atoms with van der Waals surface area (Å²) in [5.41, 5.74) is -2.19. The summed E-state index contributed by atoms with van der Waals surface area (Å²) in [6.45, 7) is 4.49. The summed E-state index contributed by atoms with van der Waals surface area (Å²) in [5.74, 6) is -5.40. The van der Waals surface area contributed by atoms with Crippen molar-refractivity contribution in [3.8, 4) is 11.1 Å². The van der Waals surface area contributed by atoms with E-state index < -0.39 is 39.8 Å². The molecule has 2 aromatic carbocycles. The zero-order chi connectivity index (χ0) is 15.1. The molecule has 0 spiro atoms. The smallest absolute Gasteiger partial charge is 0.170 e. The van der Waals surface area contributed by atoms with E-state index in [-0.39, 0.29) is 5.56 Å². The average Bonchev–Trinajstić information content (AvgIpc) is 2.37. The molecule has 0 N–H and O–H groups in total. The van der Waals surface area contributed by atoms with Crippen molar-refractivity contribution in [2.75, 3.05) is 0 Å². The third kappa shape index (κ3) is 2.30. The summed E-state index contributed by atoms with van der Waals surface area (Å²) in [7, 11) is 0. The Bertz CT molecular complexity index is 611. The Morgan fingerprint density at radius 2 is 1.15 bits per heavy atom. The predicted molar refractivity (Wildman–Crippen MR) is 70.4 cm³/mol. The van der Waals surface area contributed by atoms with Gasteiger partial charge >= 0.3 is 0 Å². The number of hydrogen-bond acceptors (Lipinski definition) is 0. The Labute approximate surface area is 115 Å². The van der Waals surface area contributed by atoms with Crippen molar-refractivity contribution in [1.82, 2.24) is 0 Å². The molecule has 0 unspecified atom stereocenters. The molecule has 0 saturated carbocycles. The lowest BCUT2D eigenvalue weighted by Crippen LogP contribution is -2.19. The molecule has 4 heteroatoms. The zero-order valence-electron chi connectivity index (χ0n) is 11.4. The molecule has 0 aliphatic heterocycles. The van der Waals surface area contributed by atoms with E-state index in [0.717, 1.165) is 0 Å². The lowest BCUT2D eigenvalue weighted by Gasteiger charge is -2.22. The molecule has 0 saturated heterocycles. The largest absolute Gasteiger partial charge is 0.203 e. The second kappa shape index (κ2) is 4.93. The van der Waals surface area contributed by atoms with E-state index >= 15 is 0 Å². The molecule has 106 valence electrons. The Morgan fingerprint density at radius 3 is 1.55 bits per heavy atom. The maximum absolute atomic E-state index is 14.1. The number of hydrogen-bond donors (Lipinski definition) is 0. The third-order valence-electron chi connectivity index (χ3n) is 3.08. The van der Waals surface area contributed by atoms with Crippen molar-refractivity contribution < 1.29 is 17.6 Å². The van der Waals surface area contributed by atoms with Crippen LogP contribution in [-0.4, -0.2) is 0 Å². The van der Waals surface area contributed by atoms with Gasteiger partial charge in [0.25, 0.3) is 0 Å². The molecule has 0 bridgehead atoms. The Kier molecular flexibility index (Phi) is 3.59. The number of rotatable bonds is 1. The van der Waals surface area contributed by atoms with Gasteiger partial charge in [-0.15, -0.1) is 0 Å². The van der Waals surface area contributed by atoms with Gasteiger partial charge in [0.15, 0.2) is 23.3 Å². The van der Waals surface area contributed by atoms with Gasteiger partial charge in [-0.05, 0) is 11.0 Å². The van der Waals surface area contributed by atoms with E-state index in [1.165, 1.54) is 32.9 Å². The van der Waals surface area contributed by atoms with Crippen molar-refractivity contribution in [3.05, 3.63) is 59.2 Å². The van der Waals surface area contributed by atoms with Crippen molar-refractivity contribution in [2.45, 2.75) is 26.2 Å². The minimum Gasteiger partial charge on any atom is -0.203 e. The van der Waals surface area contributed by atoms with E-state index in [0.29, 0.717) is 0 Å². The lowest BCUT2D eigenvalue weighted by atomic mass is 9.84. The first-order chi connectivity index (χ1) is 9.25. The standard InChI is InChI=1S/C16H14F4/c1-16(2,3)11-14(19)12(17)10(13(18)15(11)20)9-7-5-4-6-8-9/h4-8H,1-3H3. The first-order valence-electron chi connectivity index (χ1n) is 6.17. The quantitative estimate of drug-likeness (QED) is 0.497. The minimum atomic E-state index is -1.36. The highest BCUT2D eigenvalue weighted by atomic mass is 19.2. The molecule has 2 rings (SSSR count). The van der Waals surface area contributed by atoms with Crippen molar-refractivity contribution in [2.24, 2.45) is 0 Å². The fourth-order valence-corrected chi connectivity index (χ4v) is 2.15. The van der Waals surface area contributed by atoms with Crippen LogP contribution in [-0.2, 0) is 5.41 Å². The van der Waals surface area contributed by atoms with E-state index in [2.05, 4.69) is 0 Å². The van der Waals surface area contributed by atoms with Crippen LogP contribution in [0.4, 0.5) is 17.6 Å². The van der Waals surface area contributed by atoms with Gasteiger partial charge in [-0.25, -0.2) is 17.6 Å². The summed E-state index contributed by atoms with van der Waals surface area (Å²) in [6.07, 6.45) is 0. The van der Waals surface area contributed by atoms with Crippen LogP contribution < -0.4 is 0 Å². The van der Waals surface area contributed by atoms with Gasteiger partial charge in [-0.3, -0.25) is 0 Å². The zero-order valence-corrected chi connectivity index (χ0v) is 11.4. The van der Waals surface area contributed by atoms with Gasteiger partial charge < -0.3 is 0 Å². The SMILES string of the molecule is CC(C)(C)c1c(F)c(F)c(-c2ccccc2)c(F)c1F. The van der Waals surface area contributed by atoms with Crippen LogP contribution >= 0.6 is 0 Å². The molecule has 0 heterocycles. The molecule has 2 aromatic rings. The molecular weight excluding hydrogens is 268 g/mol. The summed E-state index contributed by atoms with van der Waals surface area (Å²) < 4.78 is 56.5. The van der Waals surface area contributed by atoms with Crippen LogP contribution in [0.1, 0.15) is 26.3 Å². The van der Waals surface area contributed by atoms with Crippen LogP contribution in [0, 0.1) is 23.3 Å². The van der Waals surface area contributed by atoms with Gasteiger partial charge in [0.05, 0.1) is 5.56 Å². The molecular formula is C16H14F4. The number of benzene rings is 2. The van der Waals surface area contributed by atoms with Crippen molar-refractivity contribution in [3.63, 3.8) is 0 Å². The topological polar surface area (TPSA) is 0 Å². The molecule has 0 aliphatic rings. The van der Waals surface area contributed by atoms with E-state index in [4.69, 9.17) is 0 Å². The first kappa shape index (κ1) is 14.6. The van der Waals surface area contributed by atoms with Crippen LogP contribution in [0.3, 0.4) is 0 Å². The molecule has 20 heavy (non-hydrogen) atoms. The summed E-state index contributed by atoms with van der Waals surface area (Å²) in [6, 6.07) is 7.53. The highest BCUT2D eigenvalue weighted by Crippen LogP contribution is 2.36. The van der Waals surface area contributed by atoms with Gasteiger partial charge in [-0.2, -0.15) is 0 Å². The van der Waals surface area contributed by atoms with E-state index in [1.807, 2.05) is 0 Å². The van der Waals surface area contributed by atoms with Crippen molar-refractivity contribution in [1.29, 1.82) is 0 Å². The Morgan fingerprint density at radius 1 is 0.700 bits per heavy atom. The van der Waals surface area contributed by atoms with Crippen LogP contribution in [0.25, 0.3) is 11.1 Å². The second-order valence-corrected chi connectivity index (χ2v) is 5.62. The summed E-state index contributed by atoms with van der Waals surface area (Å²) in [5, 5.41) is 0. The summed E-state index contributed by atoms with van der Waals surface area (Å²) in [4.78, 5) is 0. The predicted octanol–water partition coefficient (Wildman–Crippen LogP) is 5.21. The second-order valence-electron chi connectivity index (χ2n) is 5.62. The Hall–Kier alpha value is -1.84. The van der Waals surface area contributed by atoms with E-state index in [1.54, 1.807) is 18.2 Å². The van der Waals surface area contributed by atoms with Gasteiger partial charge in [0.2, 0.25) is 0 Å². The third-order valence-corrected chi connectivity index (χ3v) is 3.08. The minimum absolute atomic E-state index is 0.0979. The lowest BCUT2D eigenvalue weighted by molar-refractivity contribution is 0.407. The normalized spacial score (nSPS) is 11.8. The molecule has 0 nitrogen and oxygen atoms in total. The van der Waals surface area contributed by atoms with Crippen LogP contribution in [0.5, 0.6) is 0 Å². The average molecular weight is 282 g/mol. The number of halogens is 4. The highest BCUT2D eigenvalue weighted by Gasteiger charge is 2.32. The molecule has 0 aromatic heterocycles. The Balaban J connectivity index is 2.82. The highest BCUT2D eigenvalue weighted by molar-refractivity contribution is 5.66. The molecule has 0 fully saturated rings. The maximum atomic E-state index is 14.1. The van der Waals surface area contributed by atoms with Crippen LogP contribution in [0.2, 0.25) is 0 Å². The molecule has 0 aliphatic carbocycles. The molecule has 0 radical (unpaired) electrons. The van der Waals surface area contributed by atoms with E-state index in [9.17, 15) is 17.6 Å². The van der Waals surface area contributed by atoms with Crippen molar-refractivity contribution >= 4 is 0 Å². The monoisotopic (exact) mass is 282 g/mol. The maximum Gasteiger partial charge on any atom is 0.170 e. The fraction of sp³-hybridized carbons (Fsp3) is 0.250. The summed E-state index contributed by atoms with van der Waals surface area (Å²) >= 11 is 0. The first-order valence-corrected chi connectivity index (χ1v) is 6.17.